The number of nitrogens with zero attached hydrogens (tertiary/aromatic N) is 3. The predicted octanol–water partition coefficient (Wildman–Crippen LogP) is 4.50. The number of hydrogen-bond donors (Lipinski definition) is 1. The lowest BCUT2D eigenvalue weighted by Crippen LogP contribution is -2.45. The summed E-state index contributed by atoms with van der Waals surface area (Å²) in [4.78, 5) is 43.9. The molecule has 3 heterocycles. The van der Waals surface area contributed by atoms with Crippen molar-refractivity contribution in [3.05, 3.63) is 87.2 Å². The van der Waals surface area contributed by atoms with Gasteiger partial charge in [0, 0.05) is 42.5 Å². The van der Waals surface area contributed by atoms with Gasteiger partial charge in [0.15, 0.2) is 14.9 Å². The number of nitrogens with one attached hydrogen (secondary N) is 1. The maximum atomic E-state index is 13.5. The van der Waals surface area contributed by atoms with Gasteiger partial charge in [0.25, 0.3) is 5.56 Å². The Kier molecular flexibility index (Phi) is 9.30. The number of amides is 1. The molecule has 1 aliphatic rings. The van der Waals surface area contributed by atoms with Gasteiger partial charge in [-0.3, -0.25) is 23.7 Å². The molecule has 0 saturated heterocycles. The number of halogens is 3. The van der Waals surface area contributed by atoms with E-state index in [1.165, 1.54) is 28.6 Å². The Morgan fingerprint density at radius 3 is 2.57 bits per heavy atom. The Bertz CT molecular complexity index is 1920. The molecule has 0 radical (unpaired) electrons. The van der Waals surface area contributed by atoms with E-state index >= 15 is 0 Å². The van der Waals surface area contributed by atoms with Crippen molar-refractivity contribution < 1.29 is 26.4 Å². The second-order valence-electron chi connectivity index (χ2n) is 10.3. The van der Waals surface area contributed by atoms with Crippen LogP contribution in [-0.2, 0) is 33.9 Å². The second-order valence-corrected chi connectivity index (χ2v) is 13.5. The third kappa shape index (κ3) is 6.75. The van der Waals surface area contributed by atoms with Crippen molar-refractivity contribution >= 4 is 38.4 Å². The van der Waals surface area contributed by atoms with Crippen molar-refractivity contribution in [2.24, 2.45) is 0 Å². The summed E-state index contributed by atoms with van der Waals surface area (Å²) < 4.78 is 67.1. The predicted molar refractivity (Wildman–Crippen MR) is 161 cm³/mol. The van der Waals surface area contributed by atoms with Crippen molar-refractivity contribution in [2.45, 2.75) is 54.9 Å². The normalized spacial score (nSPS) is 14.3. The van der Waals surface area contributed by atoms with E-state index < -0.39 is 32.8 Å². The maximum absolute atomic E-state index is 13.5. The third-order valence-electron chi connectivity index (χ3n) is 7.25. The summed E-state index contributed by atoms with van der Waals surface area (Å²) in [6.45, 7) is 0.389. The molecule has 232 valence electrons. The minimum Gasteiger partial charge on any atom is -0.356 e. The van der Waals surface area contributed by atoms with Gasteiger partial charge in [0.05, 0.1) is 22.4 Å². The van der Waals surface area contributed by atoms with Gasteiger partial charge >= 0.3 is 11.9 Å². The average molecular weight is 647 g/mol. The number of thioether (sulfide) groups is 1. The highest BCUT2D eigenvalue weighted by molar-refractivity contribution is 7.99. The van der Waals surface area contributed by atoms with E-state index in [-0.39, 0.29) is 66.7 Å². The van der Waals surface area contributed by atoms with Crippen molar-refractivity contribution in [2.75, 3.05) is 18.1 Å². The number of pyridine rings is 1. The van der Waals surface area contributed by atoms with Crippen molar-refractivity contribution in [1.29, 1.82) is 0 Å². The Hall–Kier alpha value is -3.91. The molecule has 44 heavy (non-hydrogen) atoms. The standard InChI is InChI=1S/C30H29F3N4O5S2/c31-30(32,33)21-10-11-22-23(19-21)34-14-12-24(22)43-17-4-9-25(38)35-13-5-15-36-27(39)26(20-7-2-1-3-8-20)28-37(29(36)40)16-6-18-44(28,41)42/h1-3,7-8,10-12,14,19H,4-6,9,13,15-18H2,(H,35,38). The third-order valence-corrected chi connectivity index (χ3v) is 10.2. The van der Waals surface area contributed by atoms with E-state index in [4.69, 9.17) is 0 Å². The molecule has 0 atom stereocenters. The van der Waals surface area contributed by atoms with Gasteiger partial charge in [0.2, 0.25) is 5.91 Å². The number of carbonyl (C=O) groups excluding carboxylic acids is 1. The minimum atomic E-state index is -4.45. The quantitative estimate of drug-likeness (QED) is 0.153. The van der Waals surface area contributed by atoms with E-state index in [0.717, 1.165) is 21.6 Å². The Balaban J connectivity index is 1.17. The topological polar surface area (TPSA) is 120 Å². The van der Waals surface area contributed by atoms with Gasteiger partial charge in [-0.15, -0.1) is 11.8 Å². The van der Waals surface area contributed by atoms with Gasteiger partial charge < -0.3 is 5.32 Å². The highest BCUT2D eigenvalue weighted by Crippen LogP contribution is 2.34. The molecule has 1 N–H and O–H groups in total. The summed E-state index contributed by atoms with van der Waals surface area (Å²) in [5.41, 5.74) is -1.49. The first-order chi connectivity index (χ1) is 21.0. The van der Waals surface area contributed by atoms with Crippen LogP contribution in [0.15, 0.2) is 80.3 Å². The molecular formula is C30H29F3N4O5S2. The van der Waals surface area contributed by atoms with E-state index in [2.05, 4.69) is 10.3 Å². The van der Waals surface area contributed by atoms with E-state index in [9.17, 15) is 36.0 Å². The van der Waals surface area contributed by atoms with E-state index in [1.807, 2.05) is 0 Å². The Morgan fingerprint density at radius 1 is 1.05 bits per heavy atom. The number of alkyl halides is 3. The summed E-state index contributed by atoms with van der Waals surface area (Å²) in [6, 6.07) is 13.6. The van der Waals surface area contributed by atoms with Crippen LogP contribution in [0.1, 0.15) is 31.2 Å². The Morgan fingerprint density at radius 2 is 1.82 bits per heavy atom. The summed E-state index contributed by atoms with van der Waals surface area (Å²) in [6.07, 6.45) is -1.72. The van der Waals surface area contributed by atoms with Crippen LogP contribution in [0.4, 0.5) is 13.2 Å². The molecule has 0 spiro atoms. The lowest BCUT2D eigenvalue weighted by molar-refractivity contribution is -0.137. The van der Waals surface area contributed by atoms with Crippen LogP contribution in [0.5, 0.6) is 0 Å². The maximum Gasteiger partial charge on any atom is 0.416 e. The molecule has 0 fully saturated rings. The average Bonchev–Trinajstić information content (AvgIpc) is 2.99. The number of aromatic nitrogens is 3. The van der Waals surface area contributed by atoms with Gasteiger partial charge in [-0.2, -0.15) is 13.2 Å². The highest BCUT2D eigenvalue weighted by atomic mass is 32.2. The first-order valence-corrected chi connectivity index (χ1v) is 16.6. The minimum absolute atomic E-state index is 0.000863. The molecule has 0 bridgehead atoms. The largest absolute Gasteiger partial charge is 0.416 e. The molecule has 2 aromatic carbocycles. The van der Waals surface area contributed by atoms with E-state index in [1.54, 1.807) is 36.4 Å². The van der Waals surface area contributed by atoms with Gasteiger partial charge in [-0.05, 0) is 48.8 Å². The fraction of sp³-hybridized carbons (Fsp3) is 0.333. The lowest BCUT2D eigenvalue weighted by Gasteiger charge is -2.23. The molecule has 0 unspecified atom stereocenters. The molecule has 1 aliphatic heterocycles. The highest BCUT2D eigenvalue weighted by Gasteiger charge is 2.32. The zero-order chi connectivity index (χ0) is 31.5. The van der Waals surface area contributed by atoms with Gasteiger partial charge in [0.1, 0.15) is 0 Å². The van der Waals surface area contributed by atoms with Gasteiger partial charge in [-0.1, -0.05) is 36.4 Å². The van der Waals surface area contributed by atoms with Crippen LogP contribution in [-0.4, -0.2) is 46.5 Å². The van der Waals surface area contributed by atoms with Crippen LogP contribution in [0, 0.1) is 0 Å². The molecule has 0 aliphatic carbocycles. The summed E-state index contributed by atoms with van der Waals surface area (Å²) in [5, 5.41) is 3.15. The number of carbonyl (C=O) groups is 1. The number of rotatable bonds is 10. The number of hydrogen-bond acceptors (Lipinski definition) is 7. The summed E-state index contributed by atoms with van der Waals surface area (Å²) in [5.74, 6) is 0.202. The molecule has 1 amide bonds. The molecule has 5 rings (SSSR count). The lowest BCUT2D eigenvalue weighted by atomic mass is 10.1. The monoisotopic (exact) mass is 646 g/mol. The van der Waals surface area contributed by atoms with Crippen molar-refractivity contribution in [3.8, 4) is 11.1 Å². The first kappa shape index (κ1) is 31.5. The fourth-order valence-electron chi connectivity index (χ4n) is 5.15. The molecule has 4 aromatic rings. The summed E-state index contributed by atoms with van der Waals surface area (Å²) >= 11 is 1.43. The molecule has 14 heteroatoms. The summed E-state index contributed by atoms with van der Waals surface area (Å²) in [7, 11) is -3.82. The SMILES string of the molecule is O=C(CCCSc1ccnc2cc(C(F)(F)F)ccc12)NCCCn1c(=O)c(-c2ccccc2)c2n(c1=O)CCCS2(=O)=O. The molecular weight excluding hydrogens is 617 g/mol. The van der Waals surface area contributed by atoms with Gasteiger partial charge in [-0.25, -0.2) is 13.2 Å². The van der Waals surface area contributed by atoms with Crippen LogP contribution < -0.4 is 16.6 Å². The first-order valence-electron chi connectivity index (χ1n) is 14.0. The fourth-order valence-corrected chi connectivity index (χ4v) is 7.87. The van der Waals surface area contributed by atoms with Crippen molar-refractivity contribution in [1.82, 2.24) is 19.4 Å². The second kappa shape index (κ2) is 13.0. The van der Waals surface area contributed by atoms with Crippen LogP contribution in [0.3, 0.4) is 0 Å². The molecule has 9 nitrogen and oxygen atoms in total. The van der Waals surface area contributed by atoms with Crippen molar-refractivity contribution in [3.63, 3.8) is 0 Å². The van der Waals surface area contributed by atoms with E-state index in [0.29, 0.717) is 23.1 Å². The smallest absolute Gasteiger partial charge is 0.356 e. The van der Waals surface area contributed by atoms with Crippen LogP contribution in [0.2, 0.25) is 0 Å². The zero-order valence-electron chi connectivity index (χ0n) is 23.5. The number of benzene rings is 2. The molecule has 2 aromatic heterocycles. The number of fused-ring (bicyclic) bond motifs is 2. The van der Waals surface area contributed by atoms with Crippen LogP contribution in [0.25, 0.3) is 22.0 Å². The van der Waals surface area contributed by atoms with Crippen LogP contribution >= 0.6 is 11.8 Å². The Labute approximate surface area is 255 Å². The number of sulfone groups is 1. The zero-order valence-corrected chi connectivity index (χ0v) is 25.1. The molecule has 0 saturated carbocycles.